The number of nitro benzene ring substituents is 1. The van der Waals surface area contributed by atoms with Gasteiger partial charge in [0.25, 0.3) is 5.69 Å². The highest BCUT2D eigenvalue weighted by Gasteiger charge is 2.27. The van der Waals surface area contributed by atoms with E-state index in [1.165, 1.54) is 19.1 Å². The van der Waals surface area contributed by atoms with E-state index in [9.17, 15) is 14.9 Å². The van der Waals surface area contributed by atoms with E-state index in [2.05, 4.69) is 18.7 Å². The lowest BCUT2D eigenvalue weighted by Crippen LogP contribution is -2.38. The summed E-state index contributed by atoms with van der Waals surface area (Å²) >= 11 is 0. The van der Waals surface area contributed by atoms with Crippen LogP contribution >= 0.6 is 0 Å². The molecule has 0 bridgehead atoms. The summed E-state index contributed by atoms with van der Waals surface area (Å²) in [6.07, 6.45) is 2.11. The third-order valence-electron chi connectivity index (χ3n) is 4.03. The van der Waals surface area contributed by atoms with E-state index < -0.39 is 4.92 Å². The maximum absolute atomic E-state index is 11.8. The van der Waals surface area contributed by atoms with E-state index in [1.807, 2.05) is 0 Å². The largest absolute Gasteiger partial charge is 0.371 e. The number of anilines is 1. The molecule has 1 aromatic rings. The van der Waals surface area contributed by atoms with Gasteiger partial charge in [-0.15, -0.1) is 0 Å². The normalized spacial score (nSPS) is 17.9. The zero-order valence-electron chi connectivity index (χ0n) is 12.2. The molecule has 1 heterocycles. The molecule has 1 saturated heterocycles. The van der Waals surface area contributed by atoms with Gasteiger partial charge in [-0.3, -0.25) is 14.9 Å². The first-order valence-electron chi connectivity index (χ1n) is 6.84. The van der Waals surface area contributed by atoms with Crippen LogP contribution in [0.2, 0.25) is 0 Å². The van der Waals surface area contributed by atoms with Crippen molar-refractivity contribution in [2.75, 3.05) is 18.0 Å². The molecule has 0 aromatic heterocycles. The van der Waals surface area contributed by atoms with Crippen LogP contribution < -0.4 is 4.90 Å². The number of hydrogen-bond donors (Lipinski definition) is 0. The van der Waals surface area contributed by atoms with Gasteiger partial charge >= 0.3 is 0 Å². The molecule has 0 atom stereocenters. The predicted octanol–water partition coefficient (Wildman–Crippen LogP) is 3.42. The fraction of sp³-hybridized carbons (Fsp3) is 0.533. The van der Waals surface area contributed by atoms with Gasteiger partial charge in [0.05, 0.1) is 4.92 Å². The lowest BCUT2D eigenvalue weighted by atomic mass is 9.82. The number of non-ortho nitro benzene ring substituents is 1. The number of carbonyl (C=O) groups excluding carboxylic acids is 1. The number of rotatable bonds is 3. The topological polar surface area (TPSA) is 63.4 Å². The Morgan fingerprint density at radius 3 is 2.40 bits per heavy atom. The molecule has 5 heteroatoms. The fourth-order valence-corrected chi connectivity index (χ4v) is 2.55. The van der Waals surface area contributed by atoms with Crippen LogP contribution in [0.3, 0.4) is 0 Å². The molecule has 20 heavy (non-hydrogen) atoms. The van der Waals surface area contributed by atoms with E-state index in [4.69, 9.17) is 0 Å². The Kier molecular flexibility index (Phi) is 3.79. The van der Waals surface area contributed by atoms with Gasteiger partial charge < -0.3 is 4.90 Å². The average Bonchev–Trinajstić information content (AvgIpc) is 2.38. The fourth-order valence-electron chi connectivity index (χ4n) is 2.55. The van der Waals surface area contributed by atoms with Crippen molar-refractivity contribution in [1.29, 1.82) is 0 Å². The average molecular weight is 276 g/mol. The lowest BCUT2D eigenvalue weighted by molar-refractivity contribution is -0.384. The predicted molar refractivity (Wildman–Crippen MR) is 78.3 cm³/mol. The number of hydrogen-bond acceptors (Lipinski definition) is 4. The van der Waals surface area contributed by atoms with Crippen molar-refractivity contribution in [3.05, 3.63) is 33.9 Å². The van der Waals surface area contributed by atoms with Crippen molar-refractivity contribution in [1.82, 2.24) is 0 Å². The first-order chi connectivity index (χ1) is 9.30. The molecule has 108 valence electrons. The molecule has 0 N–H and O–H groups in total. The first-order valence-corrected chi connectivity index (χ1v) is 6.84. The van der Waals surface area contributed by atoms with Crippen molar-refractivity contribution < 1.29 is 9.72 Å². The van der Waals surface area contributed by atoms with Crippen molar-refractivity contribution in [2.24, 2.45) is 5.41 Å². The van der Waals surface area contributed by atoms with Crippen LogP contribution in [0.5, 0.6) is 0 Å². The number of nitrogens with zero attached hydrogens (tertiary/aromatic N) is 2. The monoisotopic (exact) mass is 276 g/mol. The minimum absolute atomic E-state index is 0.0312. The number of piperidine rings is 1. The Morgan fingerprint density at radius 2 is 1.90 bits per heavy atom. The number of Topliss-reactive ketones (excluding diaryl/α,β-unsaturated/α-hetero) is 1. The van der Waals surface area contributed by atoms with Gasteiger partial charge in [-0.05, 0) is 31.2 Å². The van der Waals surface area contributed by atoms with Crippen LogP contribution in [-0.4, -0.2) is 23.8 Å². The van der Waals surface area contributed by atoms with E-state index in [-0.39, 0.29) is 11.5 Å². The quantitative estimate of drug-likeness (QED) is 0.482. The molecule has 1 fully saturated rings. The van der Waals surface area contributed by atoms with Crippen molar-refractivity contribution in [2.45, 2.75) is 33.6 Å². The summed E-state index contributed by atoms with van der Waals surface area (Å²) in [6, 6.07) is 4.56. The molecular formula is C15H20N2O3. The molecule has 1 aliphatic rings. The molecule has 0 spiro atoms. The van der Waals surface area contributed by atoms with Crippen molar-refractivity contribution in [3.8, 4) is 0 Å². The maximum atomic E-state index is 11.8. The number of ketones is 1. The highest BCUT2D eigenvalue weighted by molar-refractivity contribution is 6.00. The molecule has 2 rings (SSSR count). The Labute approximate surface area is 118 Å². The first kappa shape index (κ1) is 14.5. The highest BCUT2D eigenvalue weighted by atomic mass is 16.6. The lowest BCUT2D eigenvalue weighted by Gasteiger charge is -2.38. The summed E-state index contributed by atoms with van der Waals surface area (Å²) in [5.41, 5.74) is 1.56. The maximum Gasteiger partial charge on any atom is 0.270 e. The standard InChI is InChI=1S/C15H20N2O3/c1-11(18)13-10-12(17(19)20)4-5-14(13)16-8-6-15(2,3)7-9-16/h4-5,10H,6-9H2,1-3H3. The Balaban J connectivity index is 2.32. The number of nitro groups is 1. The summed E-state index contributed by atoms with van der Waals surface area (Å²) in [5.74, 6) is -0.131. The van der Waals surface area contributed by atoms with E-state index >= 15 is 0 Å². The van der Waals surface area contributed by atoms with Gasteiger partial charge in [-0.2, -0.15) is 0 Å². The number of benzene rings is 1. The van der Waals surface area contributed by atoms with Crippen LogP contribution in [0.25, 0.3) is 0 Å². The Bertz CT molecular complexity index is 542. The minimum Gasteiger partial charge on any atom is -0.371 e. The molecule has 1 aliphatic heterocycles. The molecular weight excluding hydrogens is 256 g/mol. The second-order valence-electron chi connectivity index (χ2n) is 6.17. The van der Waals surface area contributed by atoms with Gasteiger partial charge in [0.1, 0.15) is 0 Å². The second kappa shape index (κ2) is 5.23. The van der Waals surface area contributed by atoms with Gasteiger partial charge in [0.15, 0.2) is 5.78 Å². The molecule has 0 aliphatic carbocycles. The summed E-state index contributed by atoms with van der Waals surface area (Å²) in [5, 5.41) is 10.8. The zero-order valence-corrected chi connectivity index (χ0v) is 12.2. The third-order valence-corrected chi connectivity index (χ3v) is 4.03. The Hall–Kier alpha value is -1.91. The summed E-state index contributed by atoms with van der Waals surface area (Å²) < 4.78 is 0. The van der Waals surface area contributed by atoms with Gasteiger partial charge in [-0.1, -0.05) is 13.8 Å². The summed E-state index contributed by atoms with van der Waals surface area (Å²) in [7, 11) is 0. The third kappa shape index (κ3) is 2.98. The highest BCUT2D eigenvalue weighted by Crippen LogP contribution is 2.34. The van der Waals surface area contributed by atoms with E-state index in [0.29, 0.717) is 11.0 Å². The van der Waals surface area contributed by atoms with E-state index in [0.717, 1.165) is 31.6 Å². The molecule has 1 aromatic carbocycles. The molecule has 0 saturated carbocycles. The molecule has 0 amide bonds. The van der Waals surface area contributed by atoms with Crippen molar-refractivity contribution in [3.63, 3.8) is 0 Å². The Morgan fingerprint density at radius 1 is 1.30 bits per heavy atom. The second-order valence-corrected chi connectivity index (χ2v) is 6.17. The van der Waals surface area contributed by atoms with Crippen LogP contribution in [0.15, 0.2) is 18.2 Å². The van der Waals surface area contributed by atoms with Crippen LogP contribution in [-0.2, 0) is 0 Å². The smallest absolute Gasteiger partial charge is 0.270 e. The van der Waals surface area contributed by atoms with E-state index in [1.54, 1.807) is 6.07 Å². The van der Waals surface area contributed by atoms with Crippen LogP contribution in [0.4, 0.5) is 11.4 Å². The summed E-state index contributed by atoms with van der Waals surface area (Å²) in [4.78, 5) is 24.3. The van der Waals surface area contributed by atoms with Gasteiger partial charge in [0, 0.05) is 36.5 Å². The van der Waals surface area contributed by atoms with Gasteiger partial charge in [0.2, 0.25) is 0 Å². The van der Waals surface area contributed by atoms with Gasteiger partial charge in [-0.25, -0.2) is 0 Å². The van der Waals surface area contributed by atoms with Crippen molar-refractivity contribution >= 4 is 17.2 Å². The number of carbonyl (C=O) groups is 1. The molecule has 5 nitrogen and oxygen atoms in total. The molecule has 0 unspecified atom stereocenters. The SMILES string of the molecule is CC(=O)c1cc([N+](=O)[O-])ccc1N1CCC(C)(C)CC1. The molecule has 0 radical (unpaired) electrons. The minimum atomic E-state index is -0.463. The van der Waals surface area contributed by atoms with Crippen LogP contribution in [0.1, 0.15) is 44.0 Å². The summed E-state index contributed by atoms with van der Waals surface area (Å²) in [6.45, 7) is 7.70. The van der Waals surface area contributed by atoms with Crippen LogP contribution in [0, 0.1) is 15.5 Å². The zero-order chi connectivity index (χ0) is 14.9.